The molecule has 1 rings (SSSR count). The second-order valence-electron chi connectivity index (χ2n) is 4.75. The standard InChI is InChI=1S/C12H21N3O3S2/c1-3-6-12(2,13)11(16)14-7-8-15-20(17,18)10-5-4-9-19-10/h4-5,9,15H,3,6-8,13H2,1-2H3,(H,14,16). The molecule has 1 amide bonds. The zero-order valence-electron chi connectivity index (χ0n) is 11.7. The number of thiophene rings is 1. The summed E-state index contributed by atoms with van der Waals surface area (Å²) in [6.45, 7) is 3.96. The fraction of sp³-hybridized carbons (Fsp3) is 0.583. The lowest BCUT2D eigenvalue weighted by Crippen LogP contribution is -2.52. The smallest absolute Gasteiger partial charge is 0.250 e. The van der Waals surface area contributed by atoms with Crippen LogP contribution in [0.5, 0.6) is 0 Å². The molecular formula is C12H21N3O3S2. The second-order valence-corrected chi connectivity index (χ2v) is 7.69. The summed E-state index contributed by atoms with van der Waals surface area (Å²) in [4.78, 5) is 11.8. The number of sulfonamides is 1. The quantitative estimate of drug-likeness (QED) is 0.613. The molecule has 1 atom stereocenters. The van der Waals surface area contributed by atoms with Gasteiger partial charge in [-0.3, -0.25) is 4.79 Å². The summed E-state index contributed by atoms with van der Waals surface area (Å²) in [6.07, 6.45) is 1.39. The lowest BCUT2D eigenvalue weighted by atomic mass is 9.97. The van der Waals surface area contributed by atoms with E-state index >= 15 is 0 Å². The first-order chi connectivity index (χ1) is 9.29. The summed E-state index contributed by atoms with van der Waals surface area (Å²) in [7, 11) is -3.47. The Labute approximate surface area is 123 Å². The number of rotatable bonds is 8. The van der Waals surface area contributed by atoms with Crippen LogP contribution in [0.4, 0.5) is 0 Å². The summed E-state index contributed by atoms with van der Waals surface area (Å²) in [5.41, 5.74) is 4.95. The third-order valence-corrected chi connectivity index (χ3v) is 5.61. The number of nitrogens with one attached hydrogen (secondary N) is 2. The van der Waals surface area contributed by atoms with Crippen molar-refractivity contribution in [1.29, 1.82) is 0 Å². The predicted molar refractivity (Wildman–Crippen MR) is 80.0 cm³/mol. The molecule has 0 aromatic carbocycles. The van der Waals surface area contributed by atoms with Gasteiger partial charge in [0.25, 0.3) is 0 Å². The van der Waals surface area contributed by atoms with Crippen molar-refractivity contribution >= 4 is 27.3 Å². The summed E-state index contributed by atoms with van der Waals surface area (Å²) in [5.74, 6) is -0.269. The predicted octanol–water partition coefficient (Wildman–Crippen LogP) is 0.660. The van der Waals surface area contributed by atoms with Gasteiger partial charge in [0.15, 0.2) is 0 Å². The lowest BCUT2D eigenvalue weighted by Gasteiger charge is -2.22. The van der Waals surface area contributed by atoms with Crippen LogP contribution in [0.2, 0.25) is 0 Å². The van der Waals surface area contributed by atoms with Gasteiger partial charge in [0.2, 0.25) is 15.9 Å². The molecule has 1 aromatic rings. The molecule has 0 aliphatic carbocycles. The Morgan fingerprint density at radius 1 is 1.45 bits per heavy atom. The van der Waals surface area contributed by atoms with E-state index in [1.165, 1.54) is 6.07 Å². The third kappa shape index (κ3) is 4.86. The maximum absolute atomic E-state index is 11.8. The Bertz CT molecular complexity index is 524. The first kappa shape index (κ1) is 17.1. The lowest BCUT2D eigenvalue weighted by molar-refractivity contribution is -0.126. The van der Waals surface area contributed by atoms with Crippen LogP contribution in [-0.2, 0) is 14.8 Å². The van der Waals surface area contributed by atoms with Crippen LogP contribution in [0, 0.1) is 0 Å². The van der Waals surface area contributed by atoms with E-state index in [-0.39, 0.29) is 23.2 Å². The Morgan fingerprint density at radius 3 is 2.70 bits per heavy atom. The Kier molecular flexibility index (Phi) is 6.12. The van der Waals surface area contributed by atoms with Crippen LogP contribution in [0.25, 0.3) is 0 Å². The zero-order chi connectivity index (χ0) is 15.2. The Balaban J connectivity index is 2.37. The van der Waals surface area contributed by atoms with E-state index < -0.39 is 15.6 Å². The minimum atomic E-state index is -3.47. The van der Waals surface area contributed by atoms with Crippen LogP contribution < -0.4 is 15.8 Å². The minimum absolute atomic E-state index is 0.133. The summed E-state index contributed by atoms with van der Waals surface area (Å²) in [5, 5.41) is 4.33. The van der Waals surface area contributed by atoms with E-state index in [0.717, 1.165) is 17.8 Å². The molecule has 8 heteroatoms. The summed E-state index contributed by atoms with van der Waals surface area (Å²) >= 11 is 1.15. The van der Waals surface area contributed by atoms with E-state index in [1.807, 2.05) is 6.92 Å². The van der Waals surface area contributed by atoms with E-state index in [9.17, 15) is 13.2 Å². The number of nitrogens with two attached hydrogens (primary N) is 1. The van der Waals surface area contributed by atoms with E-state index in [4.69, 9.17) is 5.73 Å². The monoisotopic (exact) mass is 319 g/mol. The first-order valence-electron chi connectivity index (χ1n) is 6.40. The van der Waals surface area contributed by atoms with Crippen LogP contribution in [0.1, 0.15) is 26.7 Å². The highest BCUT2D eigenvalue weighted by Gasteiger charge is 2.26. The highest BCUT2D eigenvalue weighted by Crippen LogP contribution is 2.14. The SMILES string of the molecule is CCCC(C)(N)C(=O)NCCNS(=O)(=O)c1cccs1. The molecule has 114 valence electrons. The molecule has 0 fully saturated rings. The highest BCUT2D eigenvalue weighted by atomic mass is 32.2. The molecule has 1 heterocycles. The molecule has 20 heavy (non-hydrogen) atoms. The third-order valence-electron chi connectivity index (χ3n) is 2.75. The van der Waals surface area contributed by atoms with Crippen LogP contribution in [0.3, 0.4) is 0 Å². The zero-order valence-corrected chi connectivity index (χ0v) is 13.3. The molecule has 0 radical (unpaired) electrons. The summed E-state index contributed by atoms with van der Waals surface area (Å²) < 4.78 is 26.3. The van der Waals surface area contributed by atoms with Crippen LogP contribution >= 0.6 is 11.3 Å². The van der Waals surface area contributed by atoms with Crippen molar-refractivity contribution in [2.45, 2.75) is 36.4 Å². The van der Waals surface area contributed by atoms with Gasteiger partial charge < -0.3 is 11.1 Å². The van der Waals surface area contributed by atoms with Crippen molar-refractivity contribution in [3.05, 3.63) is 17.5 Å². The van der Waals surface area contributed by atoms with Crippen molar-refractivity contribution in [2.24, 2.45) is 5.73 Å². The van der Waals surface area contributed by atoms with Gasteiger partial charge in [0.05, 0.1) is 5.54 Å². The van der Waals surface area contributed by atoms with Gasteiger partial charge in [-0.1, -0.05) is 19.4 Å². The van der Waals surface area contributed by atoms with Gasteiger partial charge >= 0.3 is 0 Å². The number of carbonyl (C=O) groups excluding carboxylic acids is 1. The van der Waals surface area contributed by atoms with Gasteiger partial charge in [-0.25, -0.2) is 13.1 Å². The highest BCUT2D eigenvalue weighted by molar-refractivity contribution is 7.91. The average molecular weight is 319 g/mol. The molecule has 1 unspecified atom stereocenters. The molecular weight excluding hydrogens is 298 g/mol. The Morgan fingerprint density at radius 2 is 2.15 bits per heavy atom. The molecule has 0 spiro atoms. The number of carbonyl (C=O) groups is 1. The van der Waals surface area contributed by atoms with Crippen molar-refractivity contribution in [3.63, 3.8) is 0 Å². The van der Waals surface area contributed by atoms with Crippen molar-refractivity contribution in [2.75, 3.05) is 13.1 Å². The van der Waals surface area contributed by atoms with Crippen molar-refractivity contribution < 1.29 is 13.2 Å². The van der Waals surface area contributed by atoms with Gasteiger partial charge in [0.1, 0.15) is 4.21 Å². The molecule has 4 N–H and O–H groups in total. The van der Waals surface area contributed by atoms with E-state index in [2.05, 4.69) is 10.0 Å². The van der Waals surface area contributed by atoms with E-state index in [0.29, 0.717) is 6.42 Å². The minimum Gasteiger partial charge on any atom is -0.353 e. The molecule has 0 saturated carbocycles. The largest absolute Gasteiger partial charge is 0.353 e. The van der Waals surface area contributed by atoms with E-state index in [1.54, 1.807) is 18.4 Å². The molecule has 0 aliphatic heterocycles. The molecule has 1 aromatic heterocycles. The van der Waals surface area contributed by atoms with Gasteiger partial charge in [0, 0.05) is 13.1 Å². The molecule has 0 bridgehead atoms. The number of amides is 1. The number of hydrogen-bond acceptors (Lipinski definition) is 5. The maximum atomic E-state index is 11.8. The van der Waals surface area contributed by atoms with Gasteiger partial charge in [-0.15, -0.1) is 11.3 Å². The average Bonchev–Trinajstić information content (AvgIpc) is 2.88. The second kappa shape index (κ2) is 7.16. The topological polar surface area (TPSA) is 101 Å². The number of hydrogen-bond donors (Lipinski definition) is 3. The fourth-order valence-corrected chi connectivity index (χ4v) is 3.75. The Hall–Kier alpha value is -0.960. The maximum Gasteiger partial charge on any atom is 0.250 e. The van der Waals surface area contributed by atoms with Crippen LogP contribution in [0.15, 0.2) is 21.7 Å². The first-order valence-corrected chi connectivity index (χ1v) is 8.76. The summed E-state index contributed by atoms with van der Waals surface area (Å²) in [6, 6.07) is 3.20. The molecule has 6 nitrogen and oxygen atoms in total. The van der Waals surface area contributed by atoms with Crippen molar-refractivity contribution in [3.8, 4) is 0 Å². The fourth-order valence-electron chi connectivity index (χ4n) is 1.68. The van der Waals surface area contributed by atoms with Gasteiger partial charge in [-0.2, -0.15) is 0 Å². The molecule has 0 aliphatic rings. The van der Waals surface area contributed by atoms with Crippen molar-refractivity contribution in [1.82, 2.24) is 10.0 Å². The van der Waals surface area contributed by atoms with Gasteiger partial charge in [-0.05, 0) is 24.8 Å². The normalized spacial score (nSPS) is 14.8. The molecule has 0 saturated heterocycles. The van der Waals surface area contributed by atoms with Crippen LogP contribution in [-0.4, -0.2) is 33.0 Å².